The molecule has 0 unspecified atom stereocenters. The molecule has 3 aromatic rings. The van der Waals surface area contributed by atoms with E-state index in [1.807, 2.05) is 50.2 Å². The van der Waals surface area contributed by atoms with E-state index in [1.165, 1.54) is 5.56 Å². The molecule has 26 heavy (non-hydrogen) atoms. The normalized spacial score (nSPS) is 11.2. The minimum atomic E-state index is -0.318. The first kappa shape index (κ1) is 18.3. The highest BCUT2D eigenvalue weighted by atomic mass is 16.7. The lowest BCUT2D eigenvalue weighted by atomic mass is 10.0. The van der Waals surface area contributed by atoms with Crippen molar-refractivity contribution in [2.75, 3.05) is 25.1 Å². The van der Waals surface area contributed by atoms with E-state index in [4.69, 9.17) is 9.47 Å². The summed E-state index contributed by atoms with van der Waals surface area (Å²) >= 11 is 0. The molecule has 0 aliphatic rings. The SMILES string of the molecule is CCOC(OCC)c1ccccc1CCNc1ncnc2ccccc12. The largest absolute Gasteiger partial charge is 0.369 e. The van der Waals surface area contributed by atoms with Crippen LogP contribution in [0.3, 0.4) is 0 Å². The van der Waals surface area contributed by atoms with Gasteiger partial charge in [0.05, 0.1) is 5.52 Å². The van der Waals surface area contributed by atoms with Gasteiger partial charge in [-0.3, -0.25) is 0 Å². The Morgan fingerprint density at radius 1 is 0.923 bits per heavy atom. The van der Waals surface area contributed by atoms with E-state index in [-0.39, 0.29) is 6.29 Å². The number of nitrogens with one attached hydrogen (secondary N) is 1. The topological polar surface area (TPSA) is 56.3 Å². The molecule has 1 N–H and O–H groups in total. The number of ether oxygens (including phenoxy) is 2. The van der Waals surface area contributed by atoms with Crippen LogP contribution in [0.15, 0.2) is 54.9 Å². The van der Waals surface area contributed by atoms with Gasteiger partial charge in [0.15, 0.2) is 6.29 Å². The van der Waals surface area contributed by atoms with Crippen molar-refractivity contribution >= 4 is 16.7 Å². The van der Waals surface area contributed by atoms with Crippen LogP contribution >= 0.6 is 0 Å². The highest BCUT2D eigenvalue weighted by molar-refractivity contribution is 5.88. The zero-order chi connectivity index (χ0) is 18.2. The quantitative estimate of drug-likeness (QED) is 0.581. The molecule has 1 aromatic heterocycles. The molecular weight excluding hydrogens is 326 g/mol. The second-order valence-corrected chi connectivity index (χ2v) is 5.86. The fourth-order valence-electron chi connectivity index (χ4n) is 2.98. The number of hydrogen-bond donors (Lipinski definition) is 1. The minimum Gasteiger partial charge on any atom is -0.369 e. The molecule has 136 valence electrons. The lowest BCUT2D eigenvalue weighted by molar-refractivity contribution is -0.140. The summed E-state index contributed by atoms with van der Waals surface area (Å²) in [4.78, 5) is 8.69. The van der Waals surface area contributed by atoms with Crippen LogP contribution in [-0.4, -0.2) is 29.7 Å². The third kappa shape index (κ3) is 4.36. The molecule has 0 aliphatic carbocycles. The number of aromatic nitrogens is 2. The number of para-hydroxylation sites is 1. The smallest absolute Gasteiger partial charge is 0.184 e. The number of nitrogens with zero attached hydrogens (tertiary/aromatic N) is 2. The van der Waals surface area contributed by atoms with Gasteiger partial charge in [0.2, 0.25) is 0 Å². The second-order valence-electron chi connectivity index (χ2n) is 5.86. The molecule has 2 aromatic carbocycles. The third-order valence-electron chi connectivity index (χ3n) is 4.17. The van der Waals surface area contributed by atoms with Gasteiger partial charge in [-0.05, 0) is 38.0 Å². The summed E-state index contributed by atoms with van der Waals surface area (Å²) < 4.78 is 11.5. The molecule has 0 saturated carbocycles. The van der Waals surface area contributed by atoms with Crippen LogP contribution in [0.5, 0.6) is 0 Å². The predicted molar refractivity (Wildman–Crippen MR) is 104 cm³/mol. The lowest BCUT2D eigenvalue weighted by Crippen LogP contribution is -2.14. The molecule has 0 radical (unpaired) electrons. The first-order valence-electron chi connectivity index (χ1n) is 9.08. The fourth-order valence-corrected chi connectivity index (χ4v) is 2.98. The molecule has 0 saturated heterocycles. The summed E-state index contributed by atoms with van der Waals surface area (Å²) in [5, 5.41) is 4.47. The van der Waals surface area contributed by atoms with Crippen molar-refractivity contribution in [3.8, 4) is 0 Å². The molecule has 1 heterocycles. The van der Waals surface area contributed by atoms with Gasteiger partial charge in [0.25, 0.3) is 0 Å². The molecule has 3 rings (SSSR count). The number of fused-ring (bicyclic) bond motifs is 1. The summed E-state index contributed by atoms with van der Waals surface area (Å²) in [5.41, 5.74) is 3.24. The Hall–Kier alpha value is -2.50. The van der Waals surface area contributed by atoms with E-state index in [0.29, 0.717) is 13.2 Å². The maximum atomic E-state index is 5.77. The summed E-state index contributed by atoms with van der Waals surface area (Å²) in [6.07, 6.45) is 2.13. The lowest BCUT2D eigenvalue weighted by Gasteiger charge is -2.20. The van der Waals surface area contributed by atoms with Gasteiger partial charge >= 0.3 is 0 Å². The molecule has 0 spiro atoms. The number of anilines is 1. The van der Waals surface area contributed by atoms with Crippen LogP contribution in [0.1, 0.15) is 31.3 Å². The molecule has 0 bridgehead atoms. The molecule has 0 aliphatic heterocycles. The van der Waals surface area contributed by atoms with Crippen LogP contribution in [0.2, 0.25) is 0 Å². The number of rotatable bonds is 9. The Morgan fingerprint density at radius 3 is 2.46 bits per heavy atom. The number of hydrogen-bond acceptors (Lipinski definition) is 5. The van der Waals surface area contributed by atoms with E-state index >= 15 is 0 Å². The van der Waals surface area contributed by atoms with Crippen LogP contribution in [0.25, 0.3) is 10.9 Å². The Morgan fingerprint density at radius 2 is 1.65 bits per heavy atom. The Bertz CT molecular complexity index is 827. The van der Waals surface area contributed by atoms with Gasteiger partial charge in [-0.25, -0.2) is 9.97 Å². The monoisotopic (exact) mass is 351 g/mol. The van der Waals surface area contributed by atoms with Crippen molar-refractivity contribution in [3.05, 3.63) is 66.0 Å². The van der Waals surface area contributed by atoms with Gasteiger partial charge in [0, 0.05) is 30.7 Å². The van der Waals surface area contributed by atoms with Crippen molar-refractivity contribution < 1.29 is 9.47 Å². The van der Waals surface area contributed by atoms with Gasteiger partial charge in [0.1, 0.15) is 12.1 Å². The minimum absolute atomic E-state index is 0.318. The van der Waals surface area contributed by atoms with Gasteiger partial charge in [-0.15, -0.1) is 0 Å². The second kappa shape index (κ2) is 9.27. The van der Waals surface area contributed by atoms with Crippen molar-refractivity contribution in [2.24, 2.45) is 0 Å². The fraction of sp³-hybridized carbons (Fsp3) is 0.333. The standard InChI is InChI=1S/C21H25N3O2/c1-3-25-21(26-4-2)17-10-6-5-9-16(17)13-14-22-20-18-11-7-8-12-19(18)23-15-24-20/h5-12,15,21H,3-4,13-14H2,1-2H3,(H,22,23,24). The number of benzene rings is 2. The van der Waals surface area contributed by atoms with Crippen LogP contribution in [-0.2, 0) is 15.9 Å². The van der Waals surface area contributed by atoms with Crippen molar-refractivity contribution in [1.82, 2.24) is 9.97 Å². The first-order valence-corrected chi connectivity index (χ1v) is 9.08. The molecule has 0 atom stereocenters. The summed E-state index contributed by atoms with van der Waals surface area (Å²) in [6.45, 7) is 5.96. The van der Waals surface area contributed by atoms with Crippen LogP contribution < -0.4 is 5.32 Å². The molecule has 0 fully saturated rings. The van der Waals surface area contributed by atoms with Gasteiger partial charge in [-0.2, -0.15) is 0 Å². The Labute approximate surface area is 154 Å². The summed E-state index contributed by atoms with van der Waals surface area (Å²) in [5.74, 6) is 0.860. The van der Waals surface area contributed by atoms with E-state index in [2.05, 4.69) is 27.4 Å². The van der Waals surface area contributed by atoms with E-state index in [9.17, 15) is 0 Å². The van der Waals surface area contributed by atoms with Crippen LogP contribution in [0.4, 0.5) is 5.82 Å². The van der Waals surface area contributed by atoms with E-state index < -0.39 is 0 Å². The highest BCUT2D eigenvalue weighted by Gasteiger charge is 2.15. The molecule has 5 nitrogen and oxygen atoms in total. The maximum Gasteiger partial charge on any atom is 0.184 e. The van der Waals surface area contributed by atoms with Crippen LogP contribution in [0, 0.1) is 0 Å². The summed E-state index contributed by atoms with van der Waals surface area (Å²) in [6, 6.07) is 16.3. The molecular formula is C21H25N3O2. The average molecular weight is 351 g/mol. The summed E-state index contributed by atoms with van der Waals surface area (Å²) in [7, 11) is 0. The molecule has 0 amide bonds. The predicted octanol–water partition coefficient (Wildman–Crippen LogP) is 4.36. The van der Waals surface area contributed by atoms with Crippen molar-refractivity contribution in [2.45, 2.75) is 26.6 Å². The Balaban J connectivity index is 1.72. The van der Waals surface area contributed by atoms with Gasteiger partial charge < -0.3 is 14.8 Å². The third-order valence-corrected chi connectivity index (χ3v) is 4.17. The molecule has 5 heteroatoms. The zero-order valence-electron chi connectivity index (χ0n) is 15.3. The van der Waals surface area contributed by atoms with E-state index in [1.54, 1.807) is 6.33 Å². The van der Waals surface area contributed by atoms with E-state index in [0.717, 1.165) is 35.2 Å². The van der Waals surface area contributed by atoms with Gasteiger partial charge in [-0.1, -0.05) is 36.4 Å². The Kier molecular flexibility index (Phi) is 6.52. The zero-order valence-corrected chi connectivity index (χ0v) is 15.3. The van der Waals surface area contributed by atoms with Crippen molar-refractivity contribution in [1.29, 1.82) is 0 Å². The first-order chi connectivity index (χ1) is 12.8. The maximum absolute atomic E-state index is 5.77. The highest BCUT2D eigenvalue weighted by Crippen LogP contribution is 2.24. The average Bonchev–Trinajstić information content (AvgIpc) is 2.68. The van der Waals surface area contributed by atoms with Crippen molar-refractivity contribution in [3.63, 3.8) is 0 Å².